The number of hydrogen-bond donors (Lipinski definition) is 3. The number of carbonyl (C=O) groups is 2. The van der Waals surface area contributed by atoms with E-state index >= 15 is 0 Å². The number of aliphatic hydroxyl groups is 2. The fraction of sp³-hybridized carbons (Fsp3) is 0.714. The first kappa shape index (κ1) is 52.3. The number of rotatable bonds is 39. The SMILES string of the molecule is CC/C=C/C=C/C=C\C=C/CCCC(CC(=O)NC(CO)C(O)CCCCCCCCCCC)OC(=O)CCCCC/C=C/C=C/CCCCCCCCC. The molecule has 3 unspecified atom stereocenters. The summed E-state index contributed by atoms with van der Waals surface area (Å²) >= 11 is 0. The van der Waals surface area contributed by atoms with Crippen LogP contribution in [0.1, 0.15) is 201 Å². The summed E-state index contributed by atoms with van der Waals surface area (Å²) in [5, 5.41) is 23.5. The Morgan fingerprint density at radius 2 is 1.00 bits per heavy atom. The van der Waals surface area contributed by atoms with Crippen LogP contribution in [0.4, 0.5) is 0 Å². The first-order valence-electron chi connectivity index (χ1n) is 22.7. The number of unbranched alkanes of at least 4 members (excludes halogenated alkanes) is 19. The van der Waals surface area contributed by atoms with Crippen molar-refractivity contribution < 1.29 is 24.5 Å². The smallest absolute Gasteiger partial charge is 0.306 e. The molecule has 0 rings (SSSR count). The number of hydrogen-bond acceptors (Lipinski definition) is 5. The summed E-state index contributed by atoms with van der Waals surface area (Å²) in [7, 11) is 0. The molecule has 1 amide bonds. The van der Waals surface area contributed by atoms with Gasteiger partial charge >= 0.3 is 5.97 Å². The van der Waals surface area contributed by atoms with Crippen LogP contribution < -0.4 is 5.32 Å². The van der Waals surface area contributed by atoms with Gasteiger partial charge in [0.25, 0.3) is 0 Å². The molecule has 0 aromatic rings. The molecule has 316 valence electrons. The molecular formula is C49H85NO5. The summed E-state index contributed by atoms with van der Waals surface area (Å²) in [5.41, 5.74) is 0. The van der Waals surface area contributed by atoms with E-state index in [1.807, 2.05) is 36.5 Å². The minimum absolute atomic E-state index is 0.0178. The Kier molecular flexibility index (Phi) is 40.4. The van der Waals surface area contributed by atoms with Gasteiger partial charge in [-0.1, -0.05) is 196 Å². The minimum atomic E-state index is -0.809. The van der Waals surface area contributed by atoms with Gasteiger partial charge in [0.2, 0.25) is 5.91 Å². The molecule has 0 aliphatic carbocycles. The number of aliphatic hydroxyl groups excluding tert-OH is 2. The van der Waals surface area contributed by atoms with Gasteiger partial charge in [-0.3, -0.25) is 9.59 Å². The van der Waals surface area contributed by atoms with E-state index < -0.39 is 18.2 Å². The van der Waals surface area contributed by atoms with Gasteiger partial charge in [0.05, 0.1) is 25.2 Å². The van der Waals surface area contributed by atoms with Crippen molar-refractivity contribution in [2.24, 2.45) is 0 Å². The Balaban J connectivity index is 4.71. The van der Waals surface area contributed by atoms with Gasteiger partial charge in [0, 0.05) is 6.42 Å². The predicted octanol–water partition coefficient (Wildman–Crippen LogP) is 13.1. The molecule has 0 bridgehead atoms. The van der Waals surface area contributed by atoms with Crippen LogP contribution in [0, 0.1) is 0 Å². The third-order valence-corrected chi connectivity index (χ3v) is 9.89. The van der Waals surface area contributed by atoms with Crippen LogP contribution in [0.15, 0.2) is 72.9 Å². The van der Waals surface area contributed by atoms with Crippen molar-refractivity contribution in [2.75, 3.05) is 6.61 Å². The third-order valence-electron chi connectivity index (χ3n) is 9.89. The second-order valence-corrected chi connectivity index (χ2v) is 15.2. The molecule has 0 spiro atoms. The average Bonchev–Trinajstić information content (AvgIpc) is 3.18. The highest BCUT2D eigenvalue weighted by Gasteiger charge is 2.23. The van der Waals surface area contributed by atoms with Crippen molar-refractivity contribution >= 4 is 11.9 Å². The van der Waals surface area contributed by atoms with Crippen molar-refractivity contribution in [3.8, 4) is 0 Å². The molecule has 55 heavy (non-hydrogen) atoms. The van der Waals surface area contributed by atoms with Crippen LogP contribution in [0.25, 0.3) is 0 Å². The topological polar surface area (TPSA) is 95.9 Å². The Labute approximate surface area is 339 Å². The second kappa shape index (κ2) is 42.4. The lowest BCUT2D eigenvalue weighted by Gasteiger charge is -2.24. The van der Waals surface area contributed by atoms with E-state index in [9.17, 15) is 19.8 Å². The zero-order valence-corrected chi connectivity index (χ0v) is 35.8. The van der Waals surface area contributed by atoms with E-state index in [2.05, 4.69) is 62.5 Å². The van der Waals surface area contributed by atoms with E-state index in [1.54, 1.807) is 0 Å². The van der Waals surface area contributed by atoms with E-state index in [0.717, 1.165) is 70.6 Å². The summed E-state index contributed by atoms with van der Waals surface area (Å²) in [6.07, 6.45) is 52.6. The average molecular weight is 768 g/mol. The van der Waals surface area contributed by atoms with Crippen molar-refractivity contribution in [1.82, 2.24) is 5.32 Å². The van der Waals surface area contributed by atoms with Crippen LogP contribution in [0.3, 0.4) is 0 Å². The maximum atomic E-state index is 13.1. The summed E-state index contributed by atoms with van der Waals surface area (Å²) in [6.45, 7) is 6.26. The van der Waals surface area contributed by atoms with Crippen LogP contribution in [-0.4, -0.2) is 46.9 Å². The molecule has 0 aromatic heterocycles. The molecule has 0 aliphatic heterocycles. The summed E-state index contributed by atoms with van der Waals surface area (Å²) in [5.74, 6) is -0.582. The number of amides is 1. The normalized spacial score (nSPS) is 14.1. The number of carbonyl (C=O) groups excluding carboxylic acids is 2. The van der Waals surface area contributed by atoms with Crippen LogP contribution in [0.2, 0.25) is 0 Å². The minimum Gasteiger partial charge on any atom is -0.462 e. The Bertz CT molecular complexity index is 1040. The first-order valence-corrected chi connectivity index (χ1v) is 22.7. The van der Waals surface area contributed by atoms with E-state index in [1.165, 1.54) is 83.5 Å². The van der Waals surface area contributed by atoms with E-state index in [0.29, 0.717) is 19.3 Å². The van der Waals surface area contributed by atoms with Gasteiger partial charge in [-0.15, -0.1) is 0 Å². The number of nitrogens with one attached hydrogen (secondary N) is 1. The molecule has 3 atom stereocenters. The van der Waals surface area contributed by atoms with Crippen LogP contribution in [0.5, 0.6) is 0 Å². The molecule has 6 heteroatoms. The quantitative estimate of drug-likeness (QED) is 0.0329. The first-order chi connectivity index (χ1) is 27.0. The zero-order chi connectivity index (χ0) is 40.3. The predicted molar refractivity (Wildman–Crippen MR) is 236 cm³/mol. The van der Waals surface area contributed by atoms with Crippen LogP contribution in [-0.2, 0) is 14.3 Å². The Morgan fingerprint density at radius 1 is 0.545 bits per heavy atom. The van der Waals surface area contributed by atoms with Gasteiger partial charge in [0.1, 0.15) is 6.10 Å². The van der Waals surface area contributed by atoms with Crippen molar-refractivity contribution in [2.45, 2.75) is 219 Å². The summed E-state index contributed by atoms with van der Waals surface area (Å²) in [6, 6.07) is -0.728. The molecule has 0 heterocycles. The fourth-order valence-corrected chi connectivity index (χ4v) is 6.44. The van der Waals surface area contributed by atoms with Crippen molar-refractivity contribution in [3.05, 3.63) is 72.9 Å². The molecule has 0 radical (unpaired) electrons. The van der Waals surface area contributed by atoms with Crippen molar-refractivity contribution in [3.63, 3.8) is 0 Å². The molecule has 6 nitrogen and oxygen atoms in total. The lowest BCUT2D eigenvalue weighted by molar-refractivity contribution is -0.151. The molecule has 0 saturated heterocycles. The fourth-order valence-electron chi connectivity index (χ4n) is 6.44. The maximum Gasteiger partial charge on any atom is 0.306 e. The standard InChI is InChI=1S/C49H85NO5/c1-4-7-10-13-16-19-21-22-23-24-25-27-30-33-36-39-42-49(54)55-45(40-37-34-31-29-26-20-17-14-11-8-5-2)43-48(53)50-46(44-51)47(52)41-38-35-32-28-18-15-12-9-6-3/h8,11,14,17,20,23-27,29,31,45-47,51-52H,4-7,9-10,12-13,15-16,18-19,21-22,28,30,32-44H2,1-3H3,(H,50,53)/b11-8+,17-14+,24-23+,26-20-,27-25+,31-29-. The highest BCUT2D eigenvalue weighted by molar-refractivity contribution is 5.77. The third kappa shape index (κ3) is 38.0. The van der Waals surface area contributed by atoms with Gasteiger partial charge in [0.15, 0.2) is 0 Å². The lowest BCUT2D eigenvalue weighted by Crippen LogP contribution is -2.46. The molecule has 0 aliphatic rings. The van der Waals surface area contributed by atoms with E-state index in [-0.39, 0.29) is 24.9 Å². The van der Waals surface area contributed by atoms with Gasteiger partial charge < -0.3 is 20.3 Å². The Hall–Kier alpha value is -2.70. The number of allylic oxidation sites excluding steroid dienone is 12. The van der Waals surface area contributed by atoms with Gasteiger partial charge in [-0.05, 0) is 64.2 Å². The van der Waals surface area contributed by atoms with E-state index in [4.69, 9.17) is 4.74 Å². The molecular weight excluding hydrogens is 683 g/mol. The second-order valence-electron chi connectivity index (χ2n) is 15.2. The lowest BCUT2D eigenvalue weighted by atomic mass is 10.0. The van der Waals surface area contributed by atoms with Crippen LogP contribution >= 0.6 is 0 Å². The molecule has 0 aromatic carbocycles. The molecule has 0 saturated carbocycles. The monoisotopic (exact) mass is 768 g/mol. The van der Waals surface area contributed by atoms with Gasteiger partial charge in [-0.2, -0.15) is 0 Å². The summed E-state index contributed by atoms with van der Waals surface area (Å²) < 4.78 is 5.84. The molecule has 0 fully saturated rings. The van der Waals surface area contributed by atoms with Crippen molar-refractivity contribution in [1.29, 1.82) is 0 Å². The highest BCUT2D eigenvalue weighted by atomic mass is 16.5. The largest absolute Gasteiger partial charge is 0.462 e. The zero-order valence-electron chi connectivity index (χ0n) is 35.8. The maximum absolute atomic E-state index is 13.1. The molecule has 3 N–H and O–H groups in total. The summed E-state index contributed by atoms with van der Waals surface area (Å²) in [4.78, 5) is 25.9. The highest BCUT2D eigenvalue weighted by Crippen LogP contribution is 2.16. The number of ether oxygens (including phenoxy) is 1. The Morgan fingerprint density at radius 3 is 1.55 bits per heavy atom. The number of esters is 1. The van der Waals surface area contributed by atoms with Gasteiger partial charge in [-0.25, -0.2) is 0 Å².